The summed E-state index contributed by atoms with van der Waals surface area (Å²) in [5, 5.41) is 13.0. The highest BCUT2D eigenvalue weighted by molar-refractivity contribution is 6.31. The molecule has 0 saturated carbocycles. The number of hydrogen-bond acceptors (Lipinski definition) is 2. The first kappa shape index (κ1) is 12.2. The third kappa shape index (κ3) is 2.03. The second-order valence-corrected chi connectivity index (χ2v) is 5.40. The van der Waals surface area contributed by atoms with Crippen molar-refractivity contribution in [1.29, 1.82) is 0 Å². The maximum Gasteiger partial charge on any atom is 0.142 e. The Morgan fingerprint density at radius 2 is 1.71 bits per heavy atom. The molecule has 3 aromatic carbocycles. The fourth-order valence-corrected chi connectivity index (χ4v) is 2.69. The third-order valence-electron chi connectivity index (χ3n) is 3.56. The lowest BCUT2D eigenvalue weighted by Gasteiger charge is -2.04. The Bertz CT molecular complexity index is 975. The largest absolute Gasteiger partial charge is 0.507 e. The molecule has 0 bridgehead atoms. The van der Waals surface area contributed by atoms with Gasteiger partial charge >= 0.3 is 0 Å². The summed E-state index contributed by atoms with van der Waals surface area (Å²) in [4.78, 5) is 7.73. The summed E-state index contributed by atoms with van der Waals surface area (Å²) in [5.41, 5.74) is 2.35. The average Bonchev–Trinajstić information content (AvgIpc) is 2.89. The van der Waals surface area contributed by atoms with Gasteiger partial charge in [-0.05, 0) is 41.1 Å². The third-order valence-corrected chi connectivity index (χ3v) is 3.80. The monoisotopic (exact) mass is 294 g/mol. The molecule has 0 radical (unpaired) electrons. The zero-order valence-electron chi connectivity index (χ0n) is 11.0. The minimum atomic E-state index is 0.207. The highest BCUT2D eigenvalue weighted by Gasteiger charge is 2.11. The van der Waals surface area contributed by atoms with Crippen LogP contribution in [0.5, 0.6) is 5.75 Å². The number of halogens is 1. The second-order valence-electron chi connectivity index (χ2n) is 4.96. The van der Waals surface area contributed by atoms with Crippen LogP contribution in [0.15, 0.2) is 54.6 Å². The van der Waals surface area contributed by atoms with Crippen LogP contribution in [-0.2, 0) is 0 Å². The minimum absolute atomic E-state index is 0.207. The molecule has 4 rings (SSSR count). The molecule has 0 amide bonds. The molecule has 0 fully saturated rings. The molecule has 3 nitrogen and oxygen atoms in total. The van der Waals surface area contributed by atoms with E-state index >= 15 is 0 Å². The average molecular weight is 295 g/mol. The van der Waals surface area contributed by atoms with Crippen molar-refractivity contribution < 1.29 is 5.11 Å². The van der Waals surface area contributed by atoms with Crippen LogP contribution >= 0.6 is 11.6 Å². The molecule has 1 heterocycles. The molecule has 102 valence electrons. The minimum Gasteiger partial charge on any atom is -0.507 e. The predicted molar refractivity (Wildman–Crippen MR) is 85.7 cm³/mol. The Hall–Kier alpha value is -2.52. The van der Waals surface area contributed by atoms with Gasteiger partial charge < -0.3 is 10.1 Å². The number of fused-ring (bicyclic) bond motifs is 2. The molecule has 0 saturated heterocycles. The number of H-pyrrole nitrogens is 1. The van der Waals surface area contributed by atoms with E-state index in [0.717, 1.165) is 21.8 Å². The number of benzene rings is 3. The van der Waals surface area contributed by atoms with Gasteiger partial charge in [0.1, 0.15) is 11.6 Å². The lowest BCUT2D eigenvalue weighted by molar-refractivity contribution is 0.478. The molecule has 0 unspecified atom stereocenters. The lowest BCUT2D eigenvalue weighted by atomic mass is 10.1. The van der Waals surface area contributed by atoms with Crippen LogP contribution in [0, 0.1) is 0 Å². The first-order valence-corrected chi connectivity index (χ1v) is 6.96. The molecule has 2 N–H and O–H groups in total. The number of imidazole rings is 1. The van der Waals surface area contributed by atoms with Crippen molar-refractivity contribution in [3.63, 3.8) is 0 Å². The normalized spacial score (nSPS) is 11.3. The molecular formula is C17H11ClN2O. The van der Waals surface area contributed by atoms with E-state index in [1.165, 1.54) is 0 Å². The van der Waals surface area contributed by atoms with Gasteiger partial charge in [-0.3, -0.25) is 0 Å². The number of nitrogens with one attached hydrogen (secondary N) is 1. The van der Waals surface area contributed by atoms with Gasteiger partial charge in [0.2, 0.25) is 0 Å². The van der Waals surface area contributed by atoms with Crippen LogP contribution in [0.3, 0.4) is 0 Å². The van der Waals surface area contributed by atoms with Crippen LogP contribution in [0.25, 0.3) is 33.2 Å². The van der Waals surface area contributed by atoms with Crippen LogP contribution in [0.2, 0.25) is 5.02 Å². The topological polar surface area (TPSA) is 48.9 Å². The first-order valence-electron chi connectivity index (χ1n) is 6.58. The van der Waals surface area contributed by atoms with Gasteiger partial charge in [-0.1, -0.05) is 35.9 Å². The summed E-state index contributed by atoms with van der Waals surface area (Å²) in [6, 6.07) is 17.1. The Morgan fingerprint density at radius 1 is 0.952 bits per heavy atom. The van der Waals surface area contributed by atoms with Crippen LogP contribution in [-0.4, -0.2) is 15.1 Å². The number of rotatable bonds is 1. The first-order chi connectivity index (χ1) is 10.2. The van der Waals surface area contributed by atoms with Crippen molar-refractivity contribution >= 4 is 33.4 Å². The molecular weight excluding hydrogens is 284 g/mol. The van der Waals surface area contributed by atoms with Crippen molar-refractivity contribution in [3.8, 4) is 17.1 Å². The molecule has 21 heavy (non-hydrogen) atoms. The van der Waals surface area contributed by atoms with Gasteiger partial charge in [0, 0.05) is 5.02 Å². The summed E-state index contributed by atoms with van der Waals surface area (Å²) < 4.78 is 0. The Morgan fingerprint density at radius 3 is 2.52 bits per heavy atom. The second kappa shape index (κ2) is 4.50. The number of aromatic amines is 1. The quantitative estimate of drug-likeness (QED) is 0.532. The molecule has 0 spiro atoms. The highest BCUT2D eigenvalue weighted by Crippen LogP contribution is 2.33. The molecule has 0 aliphatic rings. The summed E-state index contributed by atoms with van der Waals surface area (Å²) in [7, 11) is 0. The number of phenols is 1. The van der Waals surface area contributed by atoms with E-state index in [9.17, 15) is 5.11 Å². The van der Waals surface area contributed by atoms with Gasteiger partial charge in [-0.15, -0.1) is 0 Å². The number of aromatic nitrogens is 2. The van der Waals surface area contributed by atoms with Gasteiger partial charge in [-0.2, -0.15) is 0 Å². The fourth-order valence-electron chi connectivity index (χ4n) is 2.52. The summed E-state index contributed by atoms with van der Waals surface area (Å²) in [6.07, 6.45) is 0. The molecule has 1 aromatic heterocycles. The van der Waals surface area contributed by atoms with Crippen LogP contribution in [0.1, 0.15) is 0 Å². The number of hydrogen-bond donors (Lipinski definition) is 2. The molecule has 0 atom stereocenters. The lowest BCUT2D eigenvalue weighted by Crippen LogP contribution is -1.83. The summed E-state index contributed by atoms with van der Waals surface area (Å²) in [5.74, 6) is 0.842. The predicted octanol–water partition coefficient (Wildman–Crippen LogP) is 4.74. The standard InChI is InChI=1S/C17H11ClN2O/c18-12-5-6-14-15(9-12)20-17(19-14)13-7-10-3-1-2-4-11(10)8-16(13)21/h1-9,21H,(H,19,20). The van der Waals surface area contributed by atoms with E-state index in [1.807, 2.05) is 42.5 Å². The molecule has 0 aliphatic heterocycles. The maximum absolute atomic E-state index is 10.3. The van der Waals surface area contributed by atoms with Crippen molar-refractivity contribution in [2.45, 2.75) is 0 Å². The van der Waals surface area contributed by atoms with Gasteiger partial charge in [0.25, 0.3) is 0 Å². The molecule has 4 aromatic rings. The van der Waals surface area contributed by atoms with Crippen molar-refractivity contribution in [1.82, 2.24) is 9.97 Å². The van der Waals surface area contributed by atoms with E-state index in [2.05, 4.69) is 9.97 Å². The molecule has 4 heteroatoms. The Labute approximate surface area is 125 Å². The Kier molecular flexibility index (Phi) is 2.62. The zero-order chi connectivity index (χ0) is 14.4. The number of aromatic hydroxyl groups is 1. The van der Waals surface area contributed by atoms with Crippen molar-refractivity contribution in [2.24, 2.45) is 0 Å². The van der Waals surface area contributed by atoms with E-state index in [0.29, 0.717) is 16.4 Å². The van der Waals surface area contributed by atoms with Gasteiger partial charge in [-0.25, -0.2) is 4.98 Å². The Balaban J connectivity index is 1.96. The van der Waals surface area contributed by atoms with Crippen molar-refractivity contribution in [3.05, 3.63) is 59.6 Å². The summed E-state index contributed by atoms with van der Waals surface area (Å²) >= 11 is 5.98. The smallest absolute Gasteiger partial charge is 0.142 e. The SMILES string of the molecule is Oc1cc2ccccc2cc1-c1nc2cc(Cl)ccc2[nH]1. The number of nitrogens with zero attached hydrogens (tertiary/aromatic N) is 1. The zero-order valence-corrected chi connectivity index (χ0v) is 11.7. The number of phenolic OH excluding ortho intramolecular Hbond substituents is 1. The highest BCUT2D eigenvalue weighted by atomic mass is 35.5. The van der Waals surface area contributed by atoms with Crippen molar-refractivity contribution in [2.75, 3.05) is 0 Å². The fraction of sp³-hybridized carbons (Fsp3) is 0. The van der Waals surface area contributed by atoms with E-state index in [1.54, 1.807) is 12.1 Å². The van der Waals surface area contributed by atoms with Crippen LogP contribution < -0.4 is 0 Å². The maximum atomic E-state index is 10.3. The van der Waals surface area contributed by atoms with E-state index in [-0.39, 0.29) is 5.75 Å². The van der Waals surface area contributed by atoms with Gasteiger partial charge in [0.15, 0.2) is 0 Å². The van der Waals surface area contributed by atoms with E-state index in [4.69, 9.17) is 11.6 Å². The van der Waals surface area contributed by atoms with E-state index < -0.39 is 0 Å². The molecule has 0 aliphatic carbocycles. The summed E-state index contributed by atoms with van der Waals surface area (Å²) in [6.45, 7) is 0. The van der Waals surface area contributed by atoms with Crippen LogP contribution in [0.4, 0.5) is 0 Å². The van der Waals surface area contributed by atoms with Gasteiger partial charge in [0.05, 0.1) is 16.6 Å².